The molecule has 1 rings (SSSR count). The van der Waals surface area contributed by atoms with Crippen LogP contribution in [0.2, 0.25) is 0 Å². The molecular weight excluding hydrogens is 282 g/mol. The van der Waals surface area contributed by atoms with Crippen molar-refractivity contribution in [2.24, 2.45) is 11.7 Å². The molecule has 0 fully saturated rings. The van der Waals surface area contributed by atoms with Crippen LogP contribution in [0.15, 0.2) is 24.3 Å². The van der Waals surface area contributed by atoms with E-state index >= 15 is 0 Å². The van der Waals surface area contributed by atoms with E-state index in [1.54, 1.807) is 38.4 Å². The number of nitrogens with one attached hydrogen (secondary N) is 1. The Bertz CT molecular complexity index is 515. The van der Waals surface area contributed by atoms with Crippen LogP contribution in [0, 0.1) is 5.92 Å². The van der Waals surface area contributed by atoms with Crippen molar-refractivity contribution in [3.8, 4) is 5.75 Å². The number of nitrogens with zero attached hydrogens (tertiary/aromatic N) is 1. The lowest BCUT2D eigenvalue weighted by molar-refractivity contribution is -0.130. The van der Waals surface area contributed by atoms with Crippen molar-refractivity contribution in [1.82, 2.24) is 4.90 Å². The zero-order valence-electron chi connectivity index (χ0n) is 13.6. The third-order valence-electron chi connectivity index (χ3n) is 3.02. The highest BCUT2D eigenvalue weighted by Crippen LogP contribution is 2.18. The topological polar surface area (TPSA) is 84.7 Å². The van der Waals surface area contributed by atoms with Crippen molar-refractivity contribution in [1.29, 1.82) is 0 Å². The number of nitrogens with two attached hydrogens (primary N) is 1. The molecule has 0 radical (unpaired) electrons. The summed E-state index contributed by atoms with van der Waals surface area (Å²) in [6.45, 7) is 3.99. The first-order valence-electron chi connectivity index (χ1n) is 7.29. The van der Waals surface area contributed by atoms with E-state index in [1.165, 1.54) is 4.90 Å². The van der Waals surface area contributed by atoms with Gasteiger partial charge in [0.05, 0.1) is 6.04 Å². The second-order valence-electron chi connectivity index (χ2n) is 5.83. The van der Waals surface area contributed by atoms with Gasteiger partial charge in [-0.3, -0.25) is 9.59 Å². The summed E-state index contributed by atoms with van der Waals surface area (Å²) in [5, 5.41) is 2.76. The molecule has 0 saturated heterocycles. The molecule has 22 heavy (non-hydrogen) atoms. The Morgan fingerprint density at radius 2 is 2.00 bits per heavy atom. The van der Waals surface area contributed by atoms with Crippen LogP contribution in [0.3, 0.4) is 0 Å². The highest BCUT2D eigenvalue weighted by molar-refractivity contribution is 5.94. The minimum atomic E-state index is -0.542. The van der Waals surface area contributed by atoms with Gasteiger partial charge in [-0.2, -0.15) is 0 Å². The molecule has 122 valence electrons. The minimum Gasteiger partial charge on any atom is -0.484 e. The zero-order chi connectivity index (χ0) is 16.7. The zero-order valence-corrected chi connectivity index (χ0v) is 13.6. The van der Waals surface area contributed by atoms with Crippen LogP contribution < -0.4 is 15.8 Å². The number of anilines is 1. The molecule has 0 aliphatic heterocycles. The highest BCUT2D eigenvalue weighted by Gasteiger charge is 2.15. The average Bonchev–Trinajstić information content (AvgIpc) is 2.44. The predicted molar refractivity (Wildman–Crippen MR) is 86.7 cm³/mol. The van der Waals surface area contributed by atoms with Gasteiger partial charge in [0.1, 0.15) is 5.75 Å². The fourth-order valence-corrected chi connectivity index (χ4v) is 1.79. The fourth-order valence-electron chi connectivity index (χ4n) is 1.79. The molecule has 2 amide bonds. The van der Waals surface area contributed by atoms with Crippen molar-refractivity contribution in [2.75, 3.05) is 26.0 Å². The molecule has 0 bridgehead atoms. The van der Waals surface area contributed by atoms with Crippen LogP contribution in [0.4, 0.5) is 5.69 Å². The number of likely N-dealkylation sites (N-methyl/N-ethyl adjacent to an activating group) is 1. The Labute approximate surface area is 131 Å². The van der Waals surface area contributed by atoms with Crippen LogP contribution in [0.5, 0.6) is 5.75 Å². The van der Waals surface area contributed by atoms with Gasteiger partial charge >= 0.3 is 0 Å². The predicted octanol–water partition coefficient (Wildman–Crippen LogP) is 1.47. The first kappa shape index (κ1) is 18.0. The van der Waals surface area contributed by atoms with Crippen LogP contribution >= 0.6 is 0 Å². The maximum absolute atomic E-state index is 12.0. The molecular formula is C16H25N3O3. The molecule has 0 aliphatic carbocycles. The average molecular weight is 307 g/mol. The summed E-state index contributed by atoms with van der Waals surface area (Å²) >= 11 is 0. The number of hydrogen-bond donors (Lipinski definition) is 2. The van der Waals surface area contributed by atoms with E-state index in [-0.39, 0.29) is 18.4 Å². The van der Waals surface area contributed by atoms with Crippen molar-refractivity contribution in [2.45, 2.75) is 26.3 Å². The van der Waals surface area contributed by atoms with E-state index in [1.807, 2.05) is 13.8 Å². The first-order valence-corrected chi connectivity index (χ1v) is 7.29. The molecule has 0 aliphatic rings. The standard InChI is InChI=1S/C16H25N3O3/c1-11(2)8-14(17)16(21)18-12-6-5-7-13(9-12)22-10-15(20)19(3)4/h5-7,9,11,14H,8,10,17H2,1-4H3,(H,18,21)/t14-/m0/s1. The molecule has 0 unspecified atom stereocenters. The quantitative estimate of drug-likeness (QED) is 0.799. The van der Waals surface area contributed by atoms with E-state index in [0.717, 1.165) is 0 Å². The van der Waals surface area contributed by atoms with Gasteiger partial charge in [0, 0.05) is 25.8 Å². The van der Waals surface area contributed by atoms with E-state index in [4.69, 9.17) is 10.5 Å². The summed E-state index contributed by atoms with van der Waals surface area (Å²) in [5.74, 6) is 0.515. The summed E-state index contributed by atoms with van der Waals surface area (Å²) in [6, 6.07) is 6.36. The Morgan fingerprint density at radius 1 is 1.32 bits per heavy atom. The van der Waals surface area contributed by atoms with E-state index in [2.05, 4.69) is 5.32 Å². The van der Waals surface area contributed by atoms with Gasteiger partial charge in [-0.25, -0.2) is 0 Å². The largest absolute Gasteiger partial charge is 0.484 e. The van der Waals surface area contributed by atoms with Gasteiger partial charge in [-0.1, -0.05) is 19.9 Å². The van der Waals surface area contributed by atoms with Gasteiger partial charge < -0.3 is 20.7 Å². The molecule has 3 N–H and O–H groups in total. The summed E-state index contributed by atoms with van der Waals surface area (Å²) in [6.07, 6.45) is 0.624. The second-order valence-corrected chi connectivity index (χ2v) is 5.83. The summed E-state index contributed by atoms with van der Waals surface area (Å²) in [5.41, 5.74) is 6.44. The molecule has 0 heterocycles. The van der Waals surface area contributed by atoms with E-state index in [0.29, 0.717) is 23.8 Å². The van der Waals surface area contributed by atoms with Crippen molar-refractivity contribution < 1.29 is 14.3 Å². The van der Waals surface area contributed by atoms with Gasteiger partial charge in [0.2, 0.25) is 5.91 Å². The fraction of sp³-hybridized carbons (Fsp3) is 0.500. The van der Waals surface area contributed by atoms with Crippen molar-refractivity contribution in [3.05, 3.63) is 24.3 Å². The SMILES string of the molecule is CC(C)C[C@H](N)C(=O)Nc1cccc(OCC(=O)N(C)C)c1. The number of rotatable bonds is 7. The lowest BCUT2D eigenvalue weighted by atomic mass is 10.0. The smallest absolute Gasteiger partial charge is 0.259 e. The number of amides is 2. The van der Waals surface area contributed by atoms with E-state index in [9.17, 15) is 9.59 Å². The number of benzene rings is 1. The number of carbonyl (C=O) groups excluding carboxylic acids is 2. The van der Waals surface area contributed by atoms with Crippen LogP contribution in [-0.2, 0) is 9.59 Å². The Morgan fingerprint density at radius 3 is 2.59 bits per heavy atom. The highest BCUT2D eigenvalue weighted by atomic mass is 16.5. The number of hydrogen-bond acceptors (Lipinski definition) is 4. The number of carbonyl (C=O) groups is 2. The molecule has 0 aromatic heterocycles. The molecule has 0 saturated carbocycles. The lowest BCUT2D eigenvalue weighted by Gasteiger charge is -2.15. The third-order valence-corrected chi connectivity index (χ3v) is 3.02. The summed E-state index contributed by atoms with van der Waals surface area (Å²) < 4.78 is 5.40. The second kappa shape index (κ2) is 8.38. The Kier molecular flexibility index (Phi) is 6.85. The van der Waals surface area contributed by atoms with Gasteiger partial charge in [0.15, 0.2) is 6.61 Å². The maximum Gasteiger partial charge on any atom is 0.259 e. The molecule has 0 spiro atoms. The molecule has 6 heteroatoms. The van der Waals surface area contributed by atoms with Crippen LogP contribution in [-0.4, -0.2) is 43.5 Å². The van der Waals surface area contributed by atoms with Gasteiger partial charge in [-0.15, -0.1) is 0 Å². The van der Waals surface area contributed by atoms with Crippen LogP contribution in [0.1, 0.15) is 20.3 Å². The van der Waals surface area contributed by atoms with Crippen LogP contribution in [0.25, 0.3) is 0 Å². The number of ether oxygens (including phenoxy) is 1. The first-order chi connectivity index (χ1) is 10.3. The van der Waals surface area contributed by atoms with Gasteiger partial charge in [-0.05, 0) is 24.5 Å². The Balaban J connectivity index is 2.60. The lowest BCUT2D eigenvalue weighted by Crippen LogP contribution is -2.36. The monoisotopic (exact) mass is 307 g/mol. The normalized spacial score (nSPS) is 11.9. The summed E-state index contributed by atoms with van der Waals surface area (Å²) in [4.78, 5) is 24.9. The van der Waals surface area contributed by atoms with Crippen molar-refractivity contribution in [3.63, 3.8) is 0 Å². The van der Waals surface area contributed by atoms with Gasteiger partial charge in [0.25, 0.3) is 5.91 Å². The molecule has 1 aromatic carbocycles. The van der Waals surface area contributed by atoms with E-state index < -0.39 is 6.04 Å². The molecule has 1 atom stereocenters. The molecule has 6 nitrogen and oxygen atoms in total. The third kappa shape index (κ3) is 6.13. The van der Waals surface area contributed by atoms with Crippen molar-refractivity contribution >= 4 is 17.5 Å². The maximum atomic E-state index is 12.0. The summed E-state index contributed by atoms with van der Waals surface area (Å²) in [7, 11) is 3.33. The minimum absolute atomic E-state index is 0.0444. The Hall–Kier alpha value is -2.08. The molecule has 1 aromatic rings.